The van der Waals surface area contributed by atoms with Gasteiger partial charge in [0.05, 0.1) is 6.10 Å². The van der Waals surface area contributed by atoms with Gasteiger partial charge in [-0.3, -0.25) is 0 Å². The molecule has 1 unspecified atom stereocenters. The summed E-state index contributed by atoms with van der Waals surface area (Å²) in [5.74, 6) is 0. The van der Waals surface area contributed by atoms with Crippen molar-refractivity contribution in [2.75, 3.05) is 0 Å². The third-order valence-electron chi connectivity index (χ3n) is 1.25. The third kappa shape index (κ3) is 8.21. The number of rotatable bonds is 0. The Morgan fingerprint density at radius 1 is 1.22 bits per heavy atom. The smallest absolute Gasteiger partial charge is 0.0560 e. The molecule has 0 aromatic carbocycles. The second-order valence-electron chi connectivity index (χ2n) is 3.04. The molecule has 0 radical (unpaired) electrons. The molecule has 0 bridgehead atoms. The van der Waals surface area contributed by atoms with Crippen LogP contribution < -0.4 is 6.15 Å². The van der Waals surface area contributed by atoms with E-state index in [9.17, 15) is 0 Å². The maximum absolute atomic E-state index is 8.89. The Bertz CT molecular complexity index is 58.6. The Hall–Kier alpha value is 0.210. The largest absolute Gasteiger partial charge is 0.393 e. The third-order valence-corrected chi connectivity index (χ3v) is 1.25. The second kappa shape index (κ2) is 5.03. The van der Waals surface area contributed by atoms with Crippen molar-refractivity contribution in [1.82, 2.24) is 6.15 Å². The highest BCUT2D eigenvalue weighted by Crippen LogP contribution is 2.17. The molecule has 0 saturated heterocycles. The van der Waals surface area contributed by atoms with Crippen molar-refractivity contribution in [2.45, 2.75) is 33.8 Å². The van der Waals surface area contributed by atoms with Crippen molar-refractivity contribution in [3.63, 3.8) is 0 Å². The van der Waals surface area contributed by atoms with E-state index >= 15 is 0 Å². The van der Waals surface area contributed by atoms with E-state index < -0.39 is 0 Å². The van der Waals surface area contributed by atoms with Gasteiger partial charge in [0.15, 0.2) is 0 Å². The molecule has 2 nitrogen and oxygen atoms in total. The van der Waals surface area contributed by atoms with Crippen molar-refractivity contribution < 1.29 is 5.11 Å². The number of aliphatic hydroxyl groups is 1. The molecule has 0 aliphatic rings. The van der Waals surface area contributed by atoms with Crippen LogP contribution in [-0.4, -0.2) is 11.2 Å². The minimum absolute atomic E-state index is 0. The predicted molar refractivity (Wildman–Crippen MR) is 43.4 cm³/mol. The van der Waals surface area contributed by atoms with Gasteiger partial charge >= 0.3 is 0 Å². The fraction of sp³-hybridized carbons (Fsp3) is 1.00. The number of halogens is 1. The molecule has 9 heavy (non-hydrogen) atoms. The number of hydrogen-bond acceptors (Lipinski definition) is 2. The van der Waals surface area contributed by atoms with Crippen LogP contribution in [0.4, 0.5) is 0 Å². The lowest BCUT2D eigenvalue weighted by Gasteiger charge is -2.21. The fourth-order valence-electron chi connectivity index (χ4n) is 0. The van der Waals surface area contributed by atoms with E-state index in [0.717, 1.165) is 0 Å². The van der Waals surface area contributed by atoms with Crippen molar-refractivity contribution in [1.29, 1.82) is 0 Å². The van der Waals surface area contributed by atoms with E-state index in [4.69, 9.17) is 5.11 Å². The van der Waals surface area contributed by atoms with Crippen LogP contribution in [0.3, 0.4) is 0 Å². The van der Waals surface area contributed by atoms with E-state index in [2.05, 4.69) is 0 Å². The molecule has 0 fully saturated rings. The minimum Gasteiger partial charge on any atom is -0.393 e. The average molecular weight is 156 g/mol. The quantitative estimate of drug-likeness (QED) is 0.562. The molecule has 0 aromatic rings. The van der Waals surface area contributed by atoms with Gasteiger partial charge in [-0.25, -0.2) is 0 Å². The van der Waals surface area contributed by atoms with Crippen LogP contribution in [0, 0.1) is 5.41 Å². The Morgan fingerprint density at radius 3 is 1.33 bits per heavy atom. The van der Waals surface area contributed by atoms with Gasteiger partial charge in [-0.05, 0) is 12.3 Å². The first-order valence-electron chi connectivity index (χ1n) is 2.62. The molecule has 3 heteroatoms. The first kappa shape index (κ1) is 16.1. The van der Waals surface area contributed by atoms with E-state index in [1.807, 2.05) is 20.8 Å². The molecule has 0 heterocycles. The summed E-state index contributed by atoms with van der Waals surface area (Å²) in [7, 11) is 0. The van der Waals surface area contributed by atoms with Crippen molar-refractivity contribution in [3.8, 4) is 0 Å². The van der Waals surface area contributed by atoms with Gasteiger partial charge in [0.1, 0.15) is 0 Å². The predicted octanol–water partition coefficient (Wildman–Crippen LogP) is 2.00. The lowest BCUT2D eigenvalue weighted by atomic mass is 9.91. The molecule has 0 spiro atoms. The standard InChI is InChI=1S/C6H14O.ClH.H3N/c1-5(7)6(2,3)4;;/h5,7H,1-4H3;1H;1H3. The Balaban J connectivity index is -0.000000180. The summed E-state index contributed by atoms with van der Waals surface area (Å²) in [5.41, 5.74) is 0.0556. The maximum Gasteiger partial charge on any atom is 0.0560 e. The molecular formula is C6H18ClNO. The average Bonchev–Trinajstić information content (AvgIpc) is 1.31. The number of hydrogen-bond donors (Lipinski definition) is 2. The van der Waals surface area contributed by atoms with E-state index in [0.29, 0.717) is 0 Å². The zero-order chi connectivity index (χ0) is 6.08. The fourth-order valence-corrected chi connectivity index (χ4v) is 0. The van der Waals surface area contributed by atoms with E-state index in [-0.39, 0.29) is 30.1 Å². The minimum atomic E-state index is -0.201. The molecule has 0 rings (SSSR count). The van der Waals surface area contributed by atoms with Gasteiger partial charge < -0.3 is 11.3 Å². The van der Waals surface area contributed by atoms with Crippen LogP contribution >= 0.6 is 12.4 Å². The molecule has 60 valence electrons. The molecule has 0 aliphatic heterocycles. The highest BCUT2D eigenvalue weighted by molar-refractivity contribution is 5.85. The summed E-state index contributed by atoms with van der Waals surface area (Å²) in [6, 6.07) is 0. The zero-order valence-electron chi connectivity index (χ0n) is 6.64. The van der Waals surface area contributed by atoms with E-state index in [1.54, 1.807) is 6.92 Å². The first-order valence-corrected chi connectivity index (χ1v) is 2.62. The van der Waals surface area contributed by atoms with Gasteiger partial charge in [-0.1, -0.05) is 20.8 Å². The monoisotopic (exact) mass is 155 g/mol. The summed E-state index contributed by atoms with van der Waals surface area (Å²) < 4.78 is 0. The maximum atomic E-state index is 8.89. The summed E-state index contributed by atoms with van der Waals surface area (Å²) >= 11 is 0. The zero-order valence-corrected chi connectivity index (χ0v) is 7.46. The normalized spacial score (nSPS) is 13.0. The van der Waals surface area contributed by atoms with Crippen LogP contribution in [0.2, 0.25) is 0 Å². The summed E-state index contributed by atoms with van der Waals surface area (Å²) in [6.45, 7) is 7.84. The molecule has 1 atom stereocenters. The van der Waals surface area contributed by atoms with Gasteiger partial charge in [0.2, 0.25) is 0 Å². The Kier molecular flexibility index (Phi) is 9.00. The molecule has 0 saturated carbocycles. The van der Waals surface area contributed by atoms with Crippen LogP contribution in [-0.2, 0) is 0 Å². The van der Waals surface area contributed by atoms with Gasteiger partial charge in [0, 0.05) is 0 Å². The van der Waals surface area contributed by atoms with Crippen molar-refractivity contribution in [3.05, 3.63) is 0 Å². The second-order valence-corrected chi connectivity index (χ2v) is 3.04. The lowest BCUT2D eigenvalue weighted by molar-refractivity contribution is 0.0801. The summed E-state index contributed by atoms with van der Waals surface area (Å²) in [5, 5.41) is 8.89. The highest BCUT2D eigenvalue weighted by Gasteiger charge is 2.15. The van der Waals surface area contributed by atoms with Crippen LogP contribution in [0.15, 0.2) is 0 Å². The van der Waals surface area contributed by atoms with E-state index in [1.165, 1.54) is 0 Å². The summed E-state index contributed by atoms with van der Waals surface area (Å²) in [4.78, 5) is 0. The van der Waals surface area contributed by atoms with Crippen molar-refractivity contribution in [2.24, 2.45) is 5.41 Å². The van der Waals surface area contributed by atoms with Crippen LogP contribution in [0.5, 0.6) is 0 Å². The van der Waals surface area contributed by atoms with Gasteiger partial charge in [0.25, 0.3) is 0 Å². The van der Waals surface area contributed by atoms with Gasteiger partial charge in [-0.15, -0.1) is 12.4 Å². The SMILES string of the molecule is CC(O)C(C)(C)C.Cl.N. The lowest BCUT2D eigenvalue weighted by Crippen LogP contribution is -2.21. The number of aliphatic hydroxyl groups excluding tert-OH is 1. The first-order chi connectivity index (χ1) is 2.94. The highest BCUT2D eigenvalue weighted by atomic mass is 35.5. The molecular weight excluding hydrogens is 138 g/mol. The Morgan fingerprint density at radius 2 is 1.33 bits per heavy atom. The molecule has 0 amide bonds. The molecule has 0 aliphatic carbocycles. The molecule has 0 aromatic heterocycles. The topological polar surface area (TPSA) is 55.2 Å². The Labute approximate surface area is 63.6 Å². The van der Waals surface area contributed by atoms with Gasteiger partial charge in [-0.2, -0.15) is 0 Å². The summed E-state index contributed by atoms with van der Waals surface area (Å²) in [6.07, 6.45) is -0.201. The van der Waals surface area contributed by atoms with Crippen LogP contribution in [0.1, 0.15) is 27.7 Å². The molecule has 4 N–H and O–H groups in total. The van der Waals surface area contributed by atoms with Crippen molar-refractivity contribution >= 4 is 12.4 Å². The van der Waals surface area contributed by atoms with Crippen LogP contribution in [0.25, 0.3) is 0 Å².